The van der Waals surface area contributed by atoms with E-state index in [1.54, 1.807) is 6.92 Å². The van der Waals surface area contributed by atoms with Crippen molar-refractivity contribution in [1.82, 2.24) is 4.90 Å². The van der Waals surface area contributed by atoms with Gasteiger partial charge in [-0.2, -0.15) is 0 Å². The molecule has 0 rings (SSSR count). The Morgan fingerprint density at radius 1 is 1.19 bits per heavy atom. The molecular formula is C13H25NO2. The summed E-state index contributed by atoms with van der Waals surface area (Å²) in [6.45, 7) is 13.3. The average molecular weight is 227 g/mol. The van der Waals surface area contributed by atoms with E-state index in [1.165, 1.54) is 12.8 Å². The van der Waals surface area contributed by atoms with Gasteiger partial charge < -0.3 is 9.64 Å². The van der Waals surface area contributed by atoms with E-state index >= 15 is 0 Å². The van der Waals surface area contributed by atoms with Gasteiger partial charge in [-0.25, -0.2) is 4.79 Å². The highest BCUT2D eigenvalue weighted by Gasteiger charge is 2.04. The van der Waals surface area contributed by atoms with Gasteiger partial charge in [-0.3, -0.25) is 0 Å². The van der Waals surface area contributed by atoms with E-state index in [1.807, 2.05) is 0 Å². The maximum absolute atomic E-state index is 11.1. The Bertz CT molecular complexity index is 208. The topological polar surface area (TPSA) is 29.5 Å². The van der Waals surface area contributed by atoms with Gasteiger partial charge in [0.15, 0.2) is 0 Å². The zero-order chi connectivity index (χ0) is 12.4. The molecule has 0 aromatic rings. The molecule has 0 bridgehead atoms. The molecule has 0 N–H and O–H groups in total. The van der Waals surface area contributed by atoms with Crippen LogP contribution in [-0.4, -0.2) is 37.1 Å². The smallest absolute Gasteiger partial charge is 0.333 e. The van der Waals surface area contributed by atoms with Crippen LogP contribution in [0, 0.1) is 0 Å². The molecular weight excluding hydrogens is 202 g/mol. The number of hydrogen-bond acceptors (Lipinski definition) is 3. The van der Waals surface area contributed by atoms with Crippen LogP contribution in [0.5, 0.6) is 0 Å². The van der Waals surface area contributed by atoms with Crippen molar-refractivity contribution in [2.75, 3.05) is 26.2 Å². The first kappa shape index (κ1) is 15.2. The fourth-order valence-corrected chi connectivity index (χ4v) is 1.54. The van der Waals surface area contributed by atoms with Crippen molar-refractivity contribution in [3.63, 3.8) is 0 Å². The average Bonchev–Trinajstić information content (AvgIpc) is 2.24. The predicted octanol–water partition coefficient (Wildman–Crippen LogP) is 2.62. The second-order valence-corrected chi connectivity index (χ2v) is 4.11. The van der Waals surface area contributed by atoms with Gasteiger partial charge in [0.05, 0.1) is 6.61 Å². The van der Waals surface area contributed by atoms with Gasteiger partial charge in [0.1, 0.15) is 0 Å². The van der Waals surface area contributed by atoms with Gasteiger partial charge in [-0.05, 0) is 39.3 Å². The van der Waals surface area contributed by atoms with Crippen molar-refractivity contribution < 1.29 is 9.53 Å². The molecule has 3 nitrogen and oxygen atoms in total. The Morgan fingerprint density at radius 3 is 2.19 bits per heavy atom. The highest BCUT2D eigenvalue weighted by Crippen LogP contribution is 1.98. The molecule has 0 amide bonds. The van der Waals surface area contributed by atoms with E-state index in [2.05, 4.69) is 25.3 Å². The number of rotatable bonds is 9. The van der Waals surface area contributed by atoms with Crippen molar-refractivity contribution in [2.45, 2.75) is 40.0 Å². The first-order valence-corrected chi connectivity index (χ1v) is 6.16. The van der Waals surface area contributed by atoms with Crippen molar-refractivity contribution in [1.29, 1.82) is 0 Å². The summed E-state index contributed by atoms with van der Waals surface area (Å²) in [5, 5.41) is 0. The summed E-state index contributed by atoms with van der Waals surface area (Å²) in [7, 11) is 0. The van der Waals surface area contributed by atoms with Crippen LogP contribution in [0.2, 0.25) is 0 Å². The number of esters is 1. The fraction of sp³-hybridized carbons (Fsp3) is 0.769. The normalized spacial score (nSPS) is 10.5. The van der Waals surface area contributed by atoms with Crippen molar-refractivity contribution >= 4 is 5.97 Å². The molecule has 0 saturated carbocycles. The molecule has 3 heteroatoms. The van der Waals surface area contributed by atoms with Crippen molar-refractivity contribution in [3.8, 4) is 0 Å². The van der Waals surface area contributed by atoms with Gasteiger partial charge in [-0.15, -0.1) is 0 Å². The number of nitrogens with zero attached hydrogens (tertiary/aromatic N) is 1. The highest BCUT2D eigenvalue weighted by atomic mass is 16.5. The molecule has 0 radical (unpaired) electrons. The van der Waals surface area contributed by atoms with E-state index in [9.17, 15) is 4.79 Å². The van der Waals surface area contributed by atoms with Crippen molar-refractivity contribution in [3.05, 3.63) is 12.2 Å². The molecule has 0 fully saturated rings. The van der Waals surface area contributed by atoms with Crippen LogP contribution >= 0.6 is 0 Å². The number of carbonyl (C=O) groups is 1. The van der Waals surface area contributed by atoms with Crippen LogP contribution in [0.4, 0.5) is 0 Å². The third-order valence-electron chi connectivity index (χ3n) is 2.28. The molecule has 0 aliphatic carbocycles. The van der Waals surface area contributed by atoms with Gasteiger partial charge >= 0.3 is 5.97 Å². The lowest BCUT2D eigenvalue weighted by molar-refractivity contribution is -0.139. The molecule has 0 heterocycles. The summed E-state index contributed by atoms with van der Waals surface area (Å²) in [4.78, 5) is 13.5. The van der Waals surface area contributed by atoms with Crippen LogP contribution < -0.4 is 0 Å². The van der Waals surface area contributed by atoms with E-state index < -0.39 is 0 Å². The quantitative estimate of drug-likeness (QED) is 0.344. The van der Waals surface area contributed by atoms with Gasteiger partial charge in [-0.1, -0.05) is 20.4 Å². The molecule has 0 aromatic carbocycles. The summed E-state index contributed by atoms with van der Waals surface area (Å²) in [6, 6.07) is 0. The van der Waals surface area contributed by atoms with E-state index in [0.717, 1.165) is 26.1 Å². The lowest BCUT2D eigenvalue weighted by Crippen LogP contribution is -2.27. The molecule has 0 unspecified atom stereocenters. The zero-order valence-corrected chi connectivity index (χ0v) is 10.9. The van der Waals surface area contributed by atoms with E-state index in [4.69, 9.17) is 4.74 Å². The molecule has 94 valence electrons. The Labute approximate surface area is 99.5 Å². The first-order chi connectivity index (χ1) is 7.61. The van der Waals surface area contributed by atoms with E-state index in [-0.39, 0.29) is 5.97 Å². The number of hydrogen-bond donors (Lipinski definition) is 0. The molecule has 16 heavy (non-hydrogen) atoms. The first-order valence-electron chi connectivity index (χ1n) is 6.16. The number of carbonyl (C=O) groups excluding carboxylic acids is 1. The van der Waals surface area contributed by atoms with Crippen LogP contribution in [0.3, 0.4) is 0 Å². The summed E-state index contributed by atoms with van der Waals surface area (Å²) in [5.74, 6) is -0.280. The molecule has 0 aliphatic rings. The van der Waals surface area contributed by atoms with Crippen LogP contribution in [-0.2, 0) is 9.53 Å². The summed E-state index contributed by atoms with van der Waals surface area (Å²) >= 11 is 0. The minimum absolute atomic E-state index is 0.280. The second-order valence-electron chi connectivity index (χ2n) is 4.11. The van der Waals surface area contributed by atoms with Crippen LogP contribution in [0.25, 0.3) is 0 Å². The number of ether oxygens (including phenoxy) is 1. The second kappa shape index (κ2) is 9.40. The summed E-state index contributed by atoms with van der Waals surface area (Å²) < 4.78 is 5.04. The fourth-order valence-electron chi connectivity index (χ4n) is 1.54. The summed E-state index contributed by atoms with van der Waals surface area (Å²) in [6.07, 6.45) is 3.25. The monoisotopic (exact) mass is 227 g/mol. The Balaban J connectivity index is 3.61. The SMILES string of the molecule is C=C(C)C(=O)OCCCN(CCC)CCC. The minimum atomic E-state index is -0.280. The van der Waals surface area contributed by atoms with E-state index in [0.29, 0.717) is 12.2 Å². The van der Waals surface area contributed by atoms with Gasteiger partial charge in [0, 0.05) is 12.1 Å². The maximum Gasteiger partial charge on any atom is 0.333 e. The highest BCUT2D eigenvalue weighted by molar-refractivity contribution is 5.86. The van der Waals surface area contributed by atoms with Crippen LogP contribution in [0.15, 0.2) is 12.2 Å². The third-order valence-corrected chi connectivity index (χ3v) is 2.28. The summed E-state index contributed by atoms with van der Waals surface area (Å²) in [5.41, 5.74) is 0.471. The third kappa shape index (κ3) is 7.46. The predicted molar refractivity (Wildman–Crippen MR) is 67.4 cm³/mol. The Kier molecular flexibility index (Phi) is 8.91. The Hall–Kier alpha value is -0.830. The lowest BCUT2D eigenvalue weighted by atomic mass is 10.3. The Morgan fingerprint density at radius 2 is 1.75 bits per heavy atom. The van der Waals surface area contributed by atoms with Crippen molar-refractivity contribution in [2.24, 2.45) is 0 Å². The van der Waals surface area contributed by atoms with Crippen LogP contribution in [0.1, 0.15) is 40.0 Å². The molecule has 0 spiro atoms. The molecule has 0 aliphatic heterocycles. The zero-order valence-electron chi connectivity index (χ0n) is 10.9. The molecule has 0 atom stereocenters. The molecule has 0 saturated heterocycles. The standard InChI is InChI=1S/C13H25NO2/c1-5-8-14(9-6-2)10-7-11-16-13(15)12(3)4/h3,5-11H2,1-2,4H3. The maximum atomic E-state index is 11.1. The lowest BCUT2D eigenvalue weighted by Gasteiger charge is -2.20. The van der Waals surface area contributed by atoms with Gasteiger partial charge in [0.2, 0.25) is 0 Å². The van der Waals surface area contributed by atoms with Gasteiger partial charge in [0.25, 0.3) is 0 Å². The largest absolute Gasteiger partial charge is 0.462 e. The minimum Gasteiger partial charge on any atom is -0.462 e. The molecule has 0 aromatic heterocycles.